The van der Waals surface area contributed by atoms with Gasteiger partial charge in [-0.1, -0.05) is 0 Å². The summed E-state index contributed by atoms with van der Waals surface area (Å²) in [6.07, 6.45) is -20.9. The Morgan fingerprint density at radius 2 is 1.15 bits per heavy atom. The summed E-state index contributed by atoms with van der Waals surface area (Å²) in [5, 5.41) is 95.0. The van der Waals surface area contributed by atoms with E-state index in [-0.39, 0.29) is 0 Å². The van der Waals surface area contributed by atoms with Crippen LogP contribution in [0.2, 0.25) is 0 Å². The molecule has 46 heavy (non-hydrogen) atoms. The predicted octanol–water partition coefficient (Wildman–Crippen LogP) is -4.17. The van der Waals surface area contributed by atoms with E-state index in [9.17, 15) is 46.0 Å². The van der Waals surface area contributed by atoms with Gasteiger partial charge in [0.1, 0.15) is 79.4 Å². The van der Waals surface area contributed by atoms with Crippen LogP contribution in [-0.4, -0.2) is 183 Å². The van der Waals surface area contributed by atoms with Crippen molar-refractivity contribution in [2.75, 3.05) is 33.0 Å². The minimum absolute atomic E-state index is 0.291. The summed E-state index contributed by atoms with van der Waals surface area (Å²) < 4.78 is 41.2. The van der Waals surface area contributed by atoms with Crippen LogP contribution in [0.15, 0.2) is 0 Å². The van der Waals surface area contributed by atoms with Crippen LogP contribution in [0.3, 0.4) is 0 Å². The number of aliphatic hydroxyl groups excluding tert-OH is 9. The first-order valence-corrected chi connectivity index (χ1v) is 15.9. The average Bonchev–Trinajstić information content (AvgIpc) is 3.01. The summed E-state index contributed by atoms with van der Waals surface area (Å²) in [4.78, 5) is 0. The fourth-order valence-corrected chi connectivity index (χ4v) is 5.90. The van der Waals surface area contributed by atoms with Gasteiger partial charge >= 0.3 is 0 Å². The topological polar surface area (TPSA) is 273 Å². The van der Waals surface area contributed by atoms with Gasteiger partial charge in [-0.2, -0.15) is 0 Å². The monoisotopic (exact) mass is 673 g/mol. The highest BCUT2D eigenvalue weighted by atomic mass is 16.8. The Bertz CT molecular complexity index is 886. The van der Waals surface area contributed by atoms with E-state index in [1.807, 2.05) is 0 Å². The van der Waals surface area contributed by atoms with Gasteiger partial charge in [-0.05, 0) is 53.5 Å². The summed E-state index contributed by atoms with van der Waals surface area (Å²) >= 11 is 0. The molecule has 0 spiro atoms. The zero-order valence-electron chi connectivity index (χ0n) is 26.9. The molecule has 0 aromatic carbocycles. The van der Waals surface area contributed by atoms with Crippen LogP contribution in [-0.2, 0) is 33.2 Å². The van der Waals surface area contributed by atoms with E-state index in [1.54, 1.807) is 27.7 Å². The average molecular weight is 674 g/mol. The molecule has 0 saturated carbocycles. The van der Waals surface area contributed by atoms with E-state index in [0.29, 0.717) is 19.6 Å². The zero-order valence-corrected chi connectivity index (χ0v) is 26.9. The summed E-state index contributed by atoms with van der Waals surface area (Å²) in [6, 6.07) is 0. The molecule has 3 heterocycles. The van der Waals surface area contributed by atoms with Crippen molar-refractivity contribution < 1.29 is 79.1 Å². The third-order valence-electron chi connectivity index (χ3n) is 8.53. The van der Waals surface area contributed by atoms with Gasteiger partial charge in [0, 0.05) is 6.61 Å². The molecule has 272 valence electrons. The van der Waals surface area contributed by atoms with E-state index in [2.05, 4.69) is 0 Å². The van der Waals surface area contributed by atoms with Crippen molar-refractivity contribution in [1.82, 2.24) is 0 Å². The molecule has 0 bridgehead atoms. The second-order valence-corrected chi connectivity index (χ2v) is 12.8. The van der Waals surface area contributed by atoms with Crippen molar-refractivity contribution >= 4 is 0 Å². The lowest BCUT2D eigenvalue weighted by Crippen LogP contribution is -2.69. The van der Waals surface area contributed by atoms with Crippen LogP contribution >= 0.6 is 0 Å². The summed E-state index contributed by atoms with van der Waals surface area (Å²) in [6.45, 7) is 5.43. The Hall–Kier alpha value is -0.680. The molecule has 0 aromatic heterocycles. The third-order valence-corrected chi connectivity index (χ3v) is 8.53. The number of aliphatic hydroxyl groups is 9. The maximum atomic E-state index is 11.2. The van der Waals surface area contributed by atoms with E-state index in [1.165, 1.54) is 0 Å². The lowest BCUT2D eigenvalue weighted by atomic mass is 9.86. The van der Waals surface area contributed by atoms with Crippen LogP contribution in [0.5, 0.6) is 0 Å². The number of ether oxygens (including phenoxy) is 7. The molecule has 3 rings (SSSR count). The second kappa shape index (κ2) is 17.8. The SMILES string of the molecule is CC(C)OC1C(O)[C@H](OC2C(O)[C@H](O)C(CO)O[C@@H]2OC2C(O)[C@H](O)C(CO)O[C@@H]2C(C)(C)OCCCCCN)OC(CO)[C@H]1O. The quantitative estimate of drug-likeness (QED) is 0.0696. The van der Waals surface area contributed by atoms with Gasteiger partial charge in [-0.25, -0.2) is 0 Å². The molecular weight excluding hydrogens is 618 g/mol. The number of nitrogens with two attached hydrogens (primary N) is 1. The Labute approximate surface area is 268 Å². The Balaban J connectivity index is 1.91. The van der Waals surface area contributed by atoms with Crippen molar-refractivity contribution in [2.24, 2.45) is 5.73 Å². The molecule has 17 nitrogen and oxygen atoms in total. The molecule has 0 amide bonds. The van der Waals surface area contributed by atoms with Gasteiger partial charge in [-0.3, -0.25) is 0 Å². The highest BCUT2D eigenvalue weighted by Crippen LogP contribution is 2.37. The highest BCUT2D eigenvalue weighted by molar-refractivity contribution is 5.01. The number of rotatable bonds is 16. The largest absolute Gasteiger partial charge is 0.394 e. The van der Waals surface area contributed by atoms with Crippen molar-refractivity contribution in [3.8, 4) is 0 Å². The van der Waals surface area contributed by atoms with Gasteiger partial charge in [0.15, 0.2) is 12.6 Å². The third kappa shape index (κ3) is 9.30. The summed E-state index contributed by atoms with van der Waals surface area (Å²) in [5.41, 5.74) is 4.38. The molecule has 17 heteroatoms. The zero-order chi connectivity index (χ0) is 34.3. The fraction of sp³-hybridized carbons (Fsp3) is 1.00. The predicted molar refractivity (Wildman–Crippen MR) is 156 cm³/mol. The first-order chi connectivity index (χ1) is 21.7. The fourth-order valence-electron chi connectivity index (χ4n) is 5.90. The minimum atomic E-state index is -1.82. The van der Waals surface area contributed by atoms with E-state index in [4.69, 9.17) is 38.9 Å². The first-order valence-electron chi connectivity index (χ1n) is 15.9. The molecule has 0 radical (unpaired) electrons. The van der Waals surface area contributed by atoms with Crippen molar-refractivity contribution in [2.45, 2.75) is 151 Å². The molecular formula is C29H55NO16. The lowest BCUT2D eigenvalue weighted by molar-refractivity contribution is -0.388. The maximum absolute atomic E-state index is 11.2. The van der Waals surface area contributed by atoms with Gasteiger partial charge in [0.2, 0.25) is 0 Å². The van der Waals surface area contributed by atoms with Crippen LogP contribution < -0.4 is 5.73 Å². The number of unbranched alkanes of at least 4 members (excludes halogenated alkanes) is 2. The Morgan fingerprint density at radius 3 is 1.72 bits per heavy atom. The maximum Gasteiger partial charge on any atom is 0.187 e. The molecule has 11 N–H and O–H groups in total. The lowest BCUT2D eigenvalue weighted by Gasteiger charge is -2.51. The van der Waals surface area contributed by atoms with Crippen LogP contribution in [0.4, 0.5) is 0 Å². The van der Waals surface area contributed by atoms with Crippen molar-refractivity contribution in [3.05, 3.63) is 0 Å². The Kier molecular flexibility index (Phi) is 15.4. The smallest absolute Gasteiger partial charge is 0.187 e. The van der Waals surface area contributed by atoms with Crippen molar-refractivity contribution in [1.29, 1.82) is 0 Å². The molecule has 3 aliphatic rings. The van der Waals surface area contributed by atoms with Gasteiger partial charge < -0.3 is 84.9 Å². The van der Waals surface area contributed by atoms with E-state index < -0.39 is 123 Å². The minimum Gasteiger partial charge on any atom is -0.394 e. The normalized spacial score (nSPS) is 42.5. The molecule has 3 saturated heterocycles. The number of hydrogen-bond acceptors (Lipinski definition) is 17. The summed E-state index contributed by atoms with van der Waals surface area (Å²) in [7, 11) is 0. The molecule has 0 aromatic rings. The Morgan fingerprint density at radius 1 is 0.630 bits per heavy atom. The molecule has 3 aliphatic heterocycles. The standard InChI is InChI=1S/C29H55NO16/c1-13(2)41-23-19(36)16(12-33)43-27(22(23)39)46-25-21(38)18(35)15(11-32)44-28(25)45-24-20(37)17(34)14(10-31)42-26(24)29(3,4)40-9-7-5-6-8-30/h13-28,31-39H,5-12,30H2,1-4H3/t14?,15?,16?,17-,18-,19-,20?,21?,22?,23?,24?,25?,26+,27+,28-/m1/s1. The van der Waals surface area contributed by atoms with Crippen LogP contribution in [0.1, 0.15) is 47.0 Å². The van der Waals surface area contributed by atoms with Gasteiger partial charge in [-0.15, -0.1) is 0 Å². The van der Waals surface area contributed by atoms with Gasteiger partial charge in [0.05, 0.1) is 31.5 Å². The molecule has 0 aliphatic carbocycles. The van der Waals surface area contributed by atoms with E-state index in [0.717, 1.165) is 12.8 Å². The van der Waals surface area contributed by atoms with Crippen molar-refractivity contribution in [3.63, 3.8) is 0 Å². The molecule has 3 fully saturated rings. The number of hydrogen-bond donors (Lipinski definition) is 10. The highest BCUT2D eigenvalue weighted by Gasteiger charge is 2.56. The van der Waals surface area contributed by atoms with E-state index >= 15 is 0 Å². The second-order valence-electron chi connectivity index (χ2n) is 12.8. The first kappa shape index (κ1) is 39.8. The summed E-state index contributed by atoms with van der Waals surface area (Å²) in [5.74, 6) is 0. The van der Waals surface area contributed by atoms with Crippen LogP contribution in [0, 0.1) is 0 Å². The molecule has 15 atom stereocenters. The van der Waals surface area contributed by atoms with Crippen LogP contribution in [0.25, 0.3) is 0 Å². The molecule has 9 unspecified atom stereocenters. The van der Waals surface area contributed by atoms with Gasteiger partial charge in [0.25, 0.3) is 0 Å².